The molecule has 2 aromatic rings. The lowest BCUT2D eigenvalue weighted by molar-refractivity contribution is -0.117. The lowest BCUT2D eigenvalue weighted by Gasteiger charge is -2.21. The van der Waals surface area contributed by atoms with Gasteiger partial charge in [-0.05, 0) is 69.7 Å². The van der Waals surface area contributed by atoms with E-state index in [4.69, 9.17) is 15.2 Å². The second kappa shape index (κ2) is 10.5. The minimum Gasteiger partial charge on any atom is -0.490 e. The number of rotatable bonds is 10. The quantitative estimate of drug-likeness (QED) is 0.569. The fourth-order valence-electron chi connectivity index (χ4n) is 2.85. The zero-order chi connectivity index (χ0) is 21.4. The molecule has 0 bridgehead atoms. The molecule has 7 nitrogen and oxygen atoms in total. The maximum atomic E-state index is 12.5. The molecule has 0 radical (unpaired) electrons. The second-order valence-corrected chi connectivity index (χ2v) is 6.61. The Morgan fingerprint density at radius 3 is 2.17 bits per heavy atom. The molecule has 0 fully saturated rings. The molecule has 2 aromatic carbocycles. The van der Waals surface area contributed by atoms with Crippen LogP contribution in [0.4, 0.5) is 5.69 Å². The van der Waals surface area contributed by atoms with Crippen LogP contribution in [0.3, 0.4) is 0 Å². The van der Waals surface area contributed by atoms with E-state index >= 15 is 0 Å². The summed E-state index contributed by atoms with van der Waals surface area (Å²) in [6, 6.07) is 11.7. The first-order chi connectivity index (χ1) is 13.8. The van der Waals surface area contributed by atoms with Gasteiger partial charge in [-0.15, -0.1) is 0 Å². The largest absolute Gasteiger partial charge is 0.490 e. The molecule has 0 aliphatic carbocycles. The lowest BCUT2D eigenvalue weighted by Crippen LogP contribution is -2.39. The average molecular weight is 399 g/mol. The molecule has 2 amide bonds. The molecule has 156 valence electrons. The van der Waals surface area contributed by atoms with Gasteiger partial charge in [-0.3, -0.25) is 14.9 Å². The first kappa shape index (κ1) is 22.2. The van der Waals surface area contributed by atoms with Gasteiger partial charge in [0.1, 0.15) is 0 Å². The maximum Gasteiger partial charge on any atom is 0.248 e. The van der Waals surface area contributed by atoms with E-state index in [1.807, 2.05) is 39.0 Å². The van der Waals surface area contributed by atoms with Crippen LogP contribution >= 0.6 is 0 Å². The number of amides is 2. The Bertz CT molecular complexity index is 836. The van der Waals surface area contributed by atoms with Crippen LogP contribution in [0.5, 0.6) is 11.5 Å². The zero-order valence-corrected chi connectivity index (χ0v) is 17.3. The predicted molar refractivity (Wildman–Crippen MR) is 113 cm³/mol. The van der Waals surface area contributed by atoms with Crippen molar-refractivity contribution in [1.29, 1.82) is 0 Å². The van der Waals surface area contributed by atoms with Crippen molar-refractivity contribution in [3.05, 3.63) is 53.6 Å². The van der Waals surface area contributed by atoms with Crippen LogP contribution in [-0.2, 0) is 4.79 Å². The maximum absolute atomic E-state index is 12.5. The molecule has 29 heavy (non-hydrogen) atoms. The Balaban J connectivity index is 2.01. The van der Waals surface area contributed by atoms with Crippen LogP contribution in [0, 0.1) is 0 Å². The molecule has 0 spiro atoms. The standard InChI is InChI=1S/C22H29N3O4/c1-5-28-19-12-9-17(13-20(19)29-6-2)14(3)24-15(4)22(27)25-18-10-7-16(8-11-18)21(23)26/h7-15,24H,5-6H2,1-4H3,(H2,23,26)(H,25,27)/t14-,15+/m1/s1. The van der Waals surface area contributed by atoms with Gasteiger partial charge in [0.15, 0.2) is 11.5 Å². The van der Waals surface area contributed by atoms with Gasteiger partial charge in [0, 0.05) is 17.3 Å². The molecule has 2 rings (SSSR count). The van der Waals surface area contributed by atoms with E-state index < -0.39 is 11.9 Å². The summed E-state index contributed by atoms with van der Waals surface area (Å²) in [6.07, 6.45) is 0. The van der Waals surface area contributed by atoms with Crippen LogP contribution < -0.4 is 25.8 Å². The lowest BCUT2D eigenvalue weighted by atomic mass is 10.1. The Labute approximate surface area is 171 Å². The number of carbonyl (C=O) groups is 2. The highest BCUT2D eigenvalue weighted by Gasteiger charge is 2.18. The summed E-state index contributed by atoms with van der Waals surface area (Å²) in [5.74, 6) is 0.704. The first-order valence-corrected chi connectivity index (χ1v) is 9.72. The second-order valence-electron chi connectivity index (χ2n) is 6.61. The smallest absolute Gasteiger partial charge is 0.248 e. The predicted octanol–water partition coefficient (Wildman–Crippen LogP) is 3.26. The molecule has 0 aliphatic heterocycles. The molecular weight excluding hydrogens is 370 g/mol. The van der Waals surface area contributed by atoms with Crippen LogP contribution in [0.15, 0.2) is 42.5 Å². The number of nitrogens with two attached hydrogens (primary N) is 1. The fourth-order valence-corrected chi connectivity index (χ4v) is 2.85. The number of primary amides is 1. The molecule has 2 atom stereocenters. The van der Waals surface area contributed by atoms with Crippen molar-refractivity contribution in [1.82, 2.24) is 5.32 Å². The number of hydrogen-bond acceptors (Lipinski definition) is 5. The van der Waals surface area contributed by atoms with E-state index in [-0.39, 0.29) is 11.9 Å². The molecule has 0 unspecified atom stereocenters. The average Bonchev–Trinajstić information content (AvgIpc) is 2.69. The Morgan fingerprint density at radius 1 is 0.966 bits per heavy atom. The molecule has 0 saturated heterocycles. The summed E-state index contributed by atoms with van der Waals surface area (Å²) < 4.78 is 11.3. The van der Waals surface area contributed by atoms with Crippen LogP contribution in [0.25, 0.3) is 0 Å². The van der Waals surface area contributed by atoms with E-state index in [9.17, 15) is 9.59 Å². The van der Waals surface area contributed by atoms with Crippen molar-refractivity contribution < 1.29 is 19.1 Å². The number of ether oxygens (including phenoxy) is 2. The van der Waals surface area contributed by atoms with Crippen molar-refractivity contribution >= 4 is 17.5 Å². The van der Waals surface area contributed by atoms with Crippen molar-refractivity contribution in [3.8, 4) is 11.5 Å². The fraction of sp³-hybridized carbons (Fsp3) is 0.364. The summed E-state index contributed by atoms with van der Waals surface area (Å²) in [7, 11) is 0. The third-order valence-electron chi connectivity index (χ3n) is 4.40. The van der Waals surface area contributed by atoms with Gasteiger partial charge in [-0.1, -0.05) is 6.07 Å². The number of hydrogen-bond donors (Lipinski definition) is 3. The molecule has 7 heteroatoms. The summed E-state index contributed by atoms with van der Waals surface area (Å²) >= 11 is 0. The Kier molecular flexibility index (Phi) is 8.03. The summed E-state index contributed by atoms with van der Waals surface area (Å²) in [5, 5.41) is 6.11. The van der Waals surface area contributed by atoms with Gasteiger partial charge in [-0.2, -0.15) is 0 Å². The third kappa shape index (κ3) is 6.22. The monoisotopic (exact) mass is 399 g/mol. The van der Waals surface area contributed by atoms with Gasteiger partial charge in [0.2, 0.25) is 11.8 Å². The highest BCUT2D eigenvalue weighted by molar-refractivity contribution is 5.96. The van der Waals surface area contributed by atoms with Crippen molar-refractivity contribution in [2.24, 2.45) is 5.73 Å². The van der Waals surface area contributed by atoms with Gasteiger partial charge in [0.05, 0.1) is 19.3 Å². The molecule has 0 aromatic heterocycles. The minimum atomic E-state index is -0.506. The Morgan fingerprint density at radius 2 is 1.59 bits per heavy atom. The summed E-state index contributed by atoms with van der Waals surface area (Å²) in [4.78, 5) is 23.6. The first-order valence-electron chi connectivity index (χ1n) is 9.72. The molecule has 0 aliphatic rings. The molecular formula is C22H29N3O4. The topological polar surface area (TPSA) is 103 Å². The third-order valence-corrected chi connectivity index (χ3v) is 4.40. The normalized spacial score (nSPS) is 12.7. The summed E-state index contributed by atoms with van der Waals surface area (Å²) in [6.45, 7) is 8.73. The van der Waals surface area contributed by atoms with Crippen molar-refractivity contribution in [3.63, 3.8) is 0 Å². The van der Waals surface area contributed by atoms with E-state index in [0.29, 0.717) is 36.0 Å². The Hall–Kier alpha value is -3.06. The van der Waals surface area contributed by atoms with E-state index in [1.165, 1.54) is 0 Å². The summed E-state index contributed by atoms with van der Waals surface area (Å²) in [5.41, 5.74) is 7.20. The van der Waals surface area contributed by atoms with Crippen LogP contribution in [0.2, 0.25) is 0 Å². The van der Waals surface area contributed by atoms with E-state index in [0.717, 1.165) is 5.56 Å². The SMILES string of the molecule is CCOc1ccc([C@@H](C)N[C@@H](C)C(=O)Nc2ccc(C(N)=O)cc2)cc1OCC. The van der Waals surface area contributed by atoms with Gasteiger partial charge in [0.25, 0.3) is 0 Å². The van der Waals surface area contributed by atoms with Crippen LogP contribution in [0.1, 0.15) is 49.7 Å². The number of nitrogens with one attached hydrogen (secondary N) is 2. The van der Waals surface area contributed by atoms with Crippen molar-refractivity contribution in [2.75, 3.05) is 18.5 Å². The minimum absolute atomic E-state index is 0.0807. The highest BCUT2D eigenvalue weighted by atomic mass is 16.5. The van der Waals surface area contributed by atoms with Gasteiger partial charge < -0.3 is 20.5 Å². The molecule has 0 heterocycles. The van der Waals surface area contributed by atoms with E-state index in [2.05, 4.69) is 10.6 Å². The highest BCUT2D eigenvalue weighted by Crippen LogP contribution is 2.30. The number of anilines is 1. The molecule has 0 saturated carbocycles. The van der Waals surface area contributed by atoms with Gasteiger partial charge >= 0.3 is 0 Å². The number of carbonyl (C=O) groups excluding carboxylic acids is 2. The zero-order valence-electron chi connectivity index (χ0n) is 17.3. The molecule has 4 N–H and O–H groups in total. The van der Waals surface area contributed by atoms with E-state index in [1.54, 1.807) is 31.2 Å². The number of benzene rings is 2. The van der Waals surface area contributed by atoms with Crippen LogP contribution in [-0.4, -0.2) is 31.1 Å². The van der Waals surface area contributed by atoms with Crippen molar-refractivity contribution in [2.45, 2.75) is 39.8 Å². The van der Waals surface area contributed by atoms with Gasteiger partial charge in [-0.25, -0.2) is 0 Å².